The maximum atomic E-state index is 12.4. The highest BCUT2D eigenvalue weighted by Crippen LogP contribution is 2.30. The van der Waals surface area contributed by atoms with E-state index in [2.05, 4.69) is 35.1 Å². The number of alkyl halides is 3. The third-order valence-electron chi connectivity index (χ3n) is 5.59. The Labute approximate surface area is 189 Å². The Morgan fingerprint density at radius 2 is 1.71 bits per heavy atom. The minimum Gasteiger partial charge on any atom is -0.360 e. The van der Waals surface area contributed by atoms with Crippen molar-refractivity contribution in [3.8, 4) is 0 Å². The second kappa shape index (κ2) is 11.4. The van der Waals surface area contributed by atoms with Crippen molar-refractivity contribution in [3.63, 3.8) is 0 Å². The Morgan fingerprint density at radius 1 is 1.11 bits per heavy atom. The number of hydrogen-bond donors (Lipinski definition) is 4. The first-order valence-corrected chi connectivity index (χ1v) is 11.9. The number of rotatable bonds is 6. The summed E-state index contributed by atoms with van der Waals surface area (Å²) in [6.45, 7) is 4.30. The van der Waals surface area contributed by atoms with E-state index in [1.54, 1.807) is 0 Å². The summed E-state index contributed by atoms with van der Waals surface area (Å²) in [5.41, 5.74) is 0. The molecule has 0 radical (unpaired) electrons. The normalized spacial score (nSPS) is 27.7. The molecule has 0 aromatic heterocycles. The molecule has 9 heteroatoms. The molecule has 1 saturated heterocycles. The Morgan fingerprint density at radius 3 is 2.29 bits per heavy atom. The van der Waals surface area contributed by atoms with Gasteiger partial charge in [0.25, 0.3) is 0 Å². The first-order chi connectivity index (χ1) is 13.1. The molecular formula is C19H33Cl3N4OS. The lowest BCUT2D eigenvalue weighted by atomic mass is 9.86. The average molecular weight is 472 g/mol. The van der Waals surface area contributed by atoms with E-state index in [1.165, 1.54) is 32.1 Å². The van der Waals surface area contributed by atoms with Crippen LogP contribution >= 0.6 is 47.0 Å². The van der Waals surface area contributed by atoms with Gasteiger partial charge in [0.1, 0.15) is 6.17 Å². The zero-order valence-electron chi connectivity index (χ0n) is 16.7. The first kappa shape index (κ1) is 24.3. The minimum absolute atomic E-state index is 0.124. The summed E-state index contributed by atoms with van der Waals surface area (Å²) in [5, 5.41) is 12.9. The van der Waals surface area contributed by atoms with Crippen LogP contribution in [-0.2, 0) is 4.79 Å². The maximum Gasteiger partial charge on any atom is 0.228 e. The Balaban J connectivity index is 1.81. The van der Waals surface area contributed by atoms with Crippen LogP contribution in [0.2, 0.25) is 0 Å². The summed E-state index contributed by atoms with van der Waals surface area (Å²) >= 11 is 23.7. The molecule has 1 amide bonds. The van der Waals surface area contributed by atoms with E-state index in [4.69, 9.17) is 47.0 Å². The predicted octanol–water partition coefficient (Wildman–Crippen LogP) is 4.15. The molecule has 1 aliphatic heterocycles. The number of piperidine rings is 1. The number of thiocarbonyl (C=S) groups is 1. The van der Waals surface area contributed by atoms with Gasteiger partial charge in [0.2, 0.25) is 9.70 Å². The molecule has 28 heavy (non-hydrogen) atoms. The molecule has 2 fully saturated rings. The summed E-state index contributed by atoms with van der Waals surface area (Å²) in [6.07, 6.45) is 8.60. The van der Waals surface area contributed by atoms with Crippen LogP contribution in [0.1, 0.15) is 71.6 Å². The van der Waals surface area contributed by atoms with E-state index < -0.39 is 9.96 Å². The molecular weight excluding hydrogens is 439 g/mol. The van der Waals surface area contributed by atoms with E-state index in [-0.39, 0.29) is 11.9 Å². The third-order valence-corrected chi connectivity index (χ3v) is 6.48. The molecule has 3 atom stereocenters. The van der Waals surface area contributed by atoms with Crippen LogP contribution in [0.5, 0.6) is 0 Å². The third kappa shape index (κ3) is 8.78. The number of hydrogen-bond acceptors (Lipinski definition) is 3. The second-order valence-electron chi connectivity index (χ2n) is 8.34. The number of amides is 1. The highest BCUT2D eigenvalue weighted by molar-refractivity contribution is 7.80. The molecule has 1 aliphatic carbocycles. The SMILES string of the molecule is CC1CC(NC(=S)NC(NC(=O)CCC2CCCCC2)C(Cl)(Cl)Cl)CC(C)N1. The second-order valence-corrected chi connectivity index (χ2v) is 11.1. The van der Waals surface area contributed by atoms with Crippen LogP contribution in [0.25, 0.3) is 0 Å². The number of nitrogens with one attached hydrogen (secondary N) is 4. The summed E-state index contributed by atoms with van der Waals surface area (Å²) in [6, 6.07) is 1.06. The van der Waals surface area contributed by atoms with Crippen LogP contribution in [-0.4, -0.2) is 39.1 Å². The zero-order valence-corrected chi connectivity index (χ0v) is 19.8. The van der Waals surface area contributed by atoms with E-state index in [0.29, 0.717) is 29.5 Å². The van der Waals surface area contributed by atoms with Gasteiger partial charge in [0.05, 0.1) is 0 Å². The van der Waals surface area contributed by atoms with E-state index in [0.717, 1.165) is 19.3 Å². The molecule has 1 saturated carbocycles. The van der Waals surface area contributed by atoms with Gasteiger partial charge in [-0.1, -0.05) is 66.9 Å². The van der Waals surface area contributed by atoms with Crippen molar-refractivity contribution in [2.24, 2.45) is 5.92 Å². The van der Waals surface area contributed by atoms with E-state index in [1.807, 2.05) is 0 Å². The molecule has 1 heterocycles. The fourth-order valence-corrected chi connectivity index (χ4v) is 4.90. The highest BCUT2D eigenvalue weighted by atomic mass is 35.6. The van der Waals surface area contributed by atoms with E-state index in [9.17, 15) is 4.79 Å². The van der Waals surface area contributed by atoms with Crippen molar-refractivity contribution < 1.29 is 4.79 Å². The molecule has 2 rings (SSSR count). The molecule has 0 bridgehead atoms. The first-order valence-electron chi connectivity index (χ1n) is 10.3. The average Bonchev–Trinajstić information content (AvgIpc) is 2.58. The molecule has 162 valence electrons. The molecule has 0 aromatic carbocycles. The quantitative estimate of drug-likeness (QED) is 0.266. The fraction of sp³-hybridized carbons (Fsp3) is 0.895. The monoisotopic (exact) mass is 470 g/mol. The van der Waals surface area contributed by atoms with Crippen molar-refractivity contribution >= 4 is 58.0 Å². The van der Waals surface area contributed by atoms with Crippen molar-refractivity contribution in [3.05, 3.63) is 0 Å². The lowest BCUT2D eigenvalue weighted by Gasteiger charge is -2.35. The van der Waals surface area contributed by atoms with Gasteiger partial charge in [0.15, 0.2) is 5.11 Å². The van der Waals surface area contributed by atoms with Crippen molar-refractivity contribution in [1.82, 2.24) is 21.3 Å². The summed E-state index contributed by atoms with van der Waals surface area (Å²) in [5.74, 6) is 0.506. The minimum atomic E-state index is -1.71. The van der Waals surface area contributed by atoms with Crippen LogP contribution in [0, 0.1) is 5.92 Å². The van der Waals surface area contributed by atoms with Gasteiger partial charge < -0.3 is 21.3 Å². The van der Waals surface area contributed by atoms with Gasteiger partial charge >= 0.3 is 0 Å². The molecule has 0 aromatic rings. The summed E-state index contributed by atoms with van der Waals surface area (Å²) in [4.78, 5) is 12.4. The highest BCUT2D eigenvalue weighted by Gasteiger charge is 2.35. The lowest BCUT2D eigenvalue weighted by Crippen LogP contribution is -2.59. The van der Waals surface area contributed by atoms with Gasteiger partial charge in [-0.15, -0.1) is 0 Å². The fourth-order valence-electron chi connectivity index (χ4n) is 4.29. The summed E-state index contributed by atoms with van der Waals surface area (Å²) in [7, 11) is 0. The van der Waals surface area contributed by atoms with Gasteiger partial charge in [-0.25, -0.2) is 0 Å². The molecule has 4 N–H and O–H groups in total. The van der Waals surface area contributed by atoms with Crippen LogP contribution in [0.4, 0.5) is 0 Å². The smallest absolute Gasteiger partial charge is 0.228 e. The molecule has 2 aliphatic rings. The van der Waals surface area contributed by atoms with Crippen molar-refractivity contribution in [2.75, 3.05) is 0 Å². The zero-order chi connectivity index (χ0) is 20.7. The Hall–Kier alpha value is -0.0100. The van der Waals surface area contributed by atoms with Crippen molar-refractivity contribution in [1.29, 1.82) is 0 Å². The van der Waals surface area contributed by atoms with Gasteiger partial charge in [-0.05, 0) is 51.2 Å². The van der Waals surface area contributed by atoms with Crippen LogP contribution < -0.4 is 21.3 Å². The Kier molecular flexibility index (Phi) is 9.88. The van der Waals surface area contributed by atoms with Gasteiger partial charge in [-0.2, -0.15) is 0 Å². The van der Waals surface area contributed by atoms with Crippen LogP contribution in [0.15, 0.2) is 0 Å². The van der Waals surface area contributed by atoms with Crippen molar-refractivity contribution in [2.45, 2.75) is 99.7 Å². The number of carbonyl (C=O) groups is 1. The lowest BCUT2D eigenvalue weighted by molar-refractivity contribution is -0.122. The van der Waals surface area contributed by atoms with Gasteiger partial charge in [-0.3, -0.25) is 4.79 Å². The number of carbonyl (C=O) groups excluding carboxylic acids is 1. The summed E-state index contributed by atoms with van der Waals surface area (Å²) < 4.78 is -1.71. The Bertz CT molecular complexity index is 516. The molecule has 5 nitrogen and oxygen atoms in total. The number of halogens is 3. The molecule has 3 unspecified atom stereocenters. The molecule has 0 spiro atoms. The maximum absolute atomic E-state index is 12.4. The standard InChI is InChI=1S/C19H33Cl3N4OS/c1-12-10-15(11-13(2)23-12)24-18(28)26-17(19(20,21)22)25-16(27)9-8-14-6-4-3-5-7-14/h12-15,17,23H,3-11H2,1-2H3,(H,25,27)(H2,24,26,28). The van der Waals surface area contributed by atoms with E-state index >= 15 is 0 Å². The van der Waals surface area contributed by atoms with Gasteiger partial charge in [0, 0.05) is 24.5 Å². The largest absolute Gasteiger partial charge is 0.360 e. The topological polar surface area (TPSA) is 65.2 Å². The van der Waals surface area contributed by atoms with Crippen LogP contribution in [0.3, 0.4) is 0 Å². The predicted molar refractivity (Wildman–Crippen MR) is 122 cm³/mol.